The van der Waals surface area contributed by atoms with Gasteiger partial charge in [0.2, 0.25) is 0 Å². The molecule has 9 heteroatoms. The molecule has 0 radical (unpaired) electrons. The van der Waals surface area contributed by atoms with Crippen LogP contribution in [0.5, 0.6) is 11.5 Å². The van der Waals surface area contributed by atoms with Crippen molar-refractivity contribution in [2.45, 2.75) is 141 Å². The molecule has 0 aliphatic carbocycles. The Morgan fingerprint density at radius 2 is 0.882 bits per heavy atom. The number of rotatable bonds is 26. The van der Waals surface area contributed by atoms with Crippen LogP contribution in [0.15, 0.2) is 36.4 Å². The first-order chi connectivity index (χ1) is 25.0. The molecular weight excluding hydrogens is 646 g/mol. The molecule has 4 N–H and O–H groups in total. The van der Waals surface area contributed by atoms with Crippen LogP contribution in [-0.4, -0.2) is 84.6 Å². The van der Waals surface area contributed by atoms with E-state index in [0.717, 1.165) is 37.1 Å². The minimum atomic E-state index is -0.565. The van der Waals surface area contributed by atoms with Gasteiger partial charge >= 0.3 is 0 Å². The second kappa shape index (κ2) is 24.9. The lowest BCUT2D eigenvalue weighted by atomic mass is 10.0. The first kappa shape index (κ1) is 41.5. The smallest absolute Gasteiger partial charge is 0.164 e. The number of nitrogens with zero attached hydrogens (tertiary/aromatic N) is 2. The van der Waals surface area contributed by atoms with Crippen LogP contribution in [0, 0.1) is 11.6 Å². The molecule has 0 atom stereocenters. The maximum absolute atomic E-state index is 13.1. The maximum atomic E-state index is 13.1. The van der Waals surface area contributed by atoms with E-state index in [2.05, 4.69) is 20.4 Å². The summed E-state index contributed by atoms with van der Waals surface area (Å²) in [6.45, 7) is 10.5. The Labute approximate surface area is 307 Å². The van der Waals surface area contributed by atoms with Crippen LogP contribution in [0.25, 0.3) is 0 Å². The molecule has 2 heterocycles. The molecule has 2 aliphatic rings. The van der Waals surface area contributed by atoms with E-state index in [4.69, 9.17) is 4.74 Å². The first-order valence-corrected chi connectivity index (χ1v) is 20.4. The molecule has 0 saturated carbocycles. The molecule has 0 unspecified atom stereocenters. The van der Waals surface area contributed by atoms with Gasteiger partial charge in [-0.15, -0.1) is 0 Å². The molecule has 288 valence electrons. The molecule has 0 spiro atoms. The summed E-state index contributed by atoms with van der Waals surface area (Å²) >= 11 is 0. The van der Waals surface area contributed by atoms with Gasteiger partial charge in [0.1, 0.15) is 0 Å². The van der Waals surface area contributed by atoms with Crippen molar-refractivity contribution in [3.05, 3.63) is 59.2 Å². The van der Waals surface area contributed by atoms with E-state index in [0.29, 0.717) is 25.3 Å². The van der Waals surface area contributed by atoms with Crippen LogP contribution in [0.3, 0.4) is 0 Å². The summed E-state index contributed by atoms with van der Waals surface area (Å²) < 4.78 is 32.9. The molecule has 0 amide bonds. The van der Waals surface area contributed by atoms with Gasteiger partial charge in [0.05, 0.1) is 12.2 Å². The van der Waals surface area contributed by atoms with E-state index in [-0.39, 0.29) is 11.5 Å². The summed E-state index contributed by atoms with van der Waals surface area (Å²) in [5.74, 6) is -1.68. The Balaban J connectivity index is 0.867. The number of phenols is 2. The van der Waals surface area contributed by atoms with Gasteiger partial charge in [0.25, 0.3) is 0 Å². The van der Waals surface area contributed by atoms with Crippen molar-refractivity contribution in [1.82, 2.24) is 20.4 Å². The van der Waals surface area contributed by atoms with Crippen molar-refractivity contribution in [1.29, 1.82) is 0 Å². The van der Waals surface area contributed by atoms with Crippen LogP contribution >= 0.6 is 0 Å². The van der Waals surface area contributed by atoms with Crippen molar-refractivity contribution in [3.63, 3.8) is 0 Å². The summed E-state index contributed by atoms with van der Waals surface area (Å²) in [6, 6.07) is 9.06. The normalized spacial score (nSPS) is 16.7. The fraction of sp³-hybridized carbons (Fsp3) is 0.714. The Bertz CT molecular complexity index is 1110. The molecule has 2 aliphatic heterocycles. The van der Waals surface area contributed by atoms with E-state index >= 15 is 0 Å². The topological polar surface area (TPSA) is 80.2 Å². The molecular formula is C42H68F2N4O3. The third-order valence-electron chi connectivity index (χ3n) is 10.8. The van der Waals surface area contributed by atoms with Gasteiger partial charge in [-0.05, 0) is 113 Å². The highest BCUT2D eigenvalue weighted by Gasteiger charge is 2.25. The van der Waals surface area contributed by atoms with Crippen LogP contribution < -0.4 is 10.6 Å². The summed E-state index contributed by atoms with van der Waals surface area (Å²) in [5, 5.41) is 25.7. The number of nitrogens with one attached hydrogen (secondary N) is 2. The molecule has 2 aromatic rings. The van der Waals surface area contributed by atoms with Crippen molar-refractivity contribution >= 4 is 0 Å². The lowest BCUT2D eigenvalue weighted by Gasteiger charge is -2.37. The Kier molecular flexibility index (Phi) is 20.2. The number of piperidine rings is 2. The highest BCUT2D eigenvalue weighted by molar-refractivity contribution is 5.29. The Hall–Kier alpha value is -2.30. The van der Waals surface area contributed by atoms with Gasteiger partial charge < -0.3 is 35.4 Å². The molecule has 2 saturated heterocycles. The van der Waals surface area contributed by atoms with Gasteiger partial charge in [0.15, 0.2) is 23.1 Å². The van der Waals surface area contributed by atoms with Crippen molar-refractivity contribution in [2.24, 2.45) is 0 Å². The minimum absolute atomic E-state index is 0.274. The fourth-order valence-electron chi connectivity index (χ4n) is 7.55. The largest absolute Gasteiger partial charge is 0.505 e. The number of unbranched alkanes of at least 4 members (excludes halogenated alkanes) is 12. The van der Waals surface area contributed by atoms with Gasteiger partial charge in [-0.3, -0.25) is 0 Å². The average molecular weight is 715 g/mol. The molecule has 7 nitrogen and oxygen atoms in total. The highest BCUT2D eigenvalue weighted by Crippen LogP contribution is 2.22. The van der Waals surface area contributed by atoms with E-state index in [1.54, 1.807) is 12.1 Å². The first-order valence-electron chi connectivity index (χ1n) is 20.4. The van der Waals surface area contributed by atoms with Crippen molar-refractivity contribution < 1.29 is 23.7 Å². The number of hydrogen-bond donors (Lipinski definition) is 4. The minimum Gasteiger partial charge on any atom is -0.505 e. The van der Waals surface area contributed by atoms with Crippen LogP contribution in [0.2, 0.25) is 0 Å². The Morgan fingerprint density at radius 1 is 0.529 bits per heavy atom. The lowest BCUT2D eigenvalue weighted by Crippen LogP contribution is -2.42. The van der Waals surface area contributed by atoms with E-state index in [9.17, 15) is 19.0 Å². The third-order valence-corrected chi connectivity index (χ3v) is 10.8. The second-order valence-corrected chi connectivity index (χ2v) is 15.1. The number of hydrogen-bond acceptors (Lipinski definition) is 7. The lowest BCUT2D eigenvalue weighted by molar-refractivity contribution is -0.0650. The number of likely N-dealkylation sites (tertiary alicyclic amines) is 2. The quantitative estimate of drug-likeness (QED) is 0.0727. The Morgan fingerprint density at radius 3 is 1.25 bits per heavy atom. The van der Waals surface area contributed by atoms with E-state index < -0.39 is 11.6 Å². The molecule has 0 aromatic heterocycles. The third kappa shape index (κ3) is 17.4. The number of benzene rings is 2. The predicted molar refractivity (Wildman–Crippen MR) is 204 cm³/mol. The van der Waals surface area contributed by atoms with E-state index in [1.807, 2.05) is 0 Å². The molecule has 2 fully saturated rings. The highest BCUT2D eigenvalue weighted by atomic mass is 19.1. The summed E-state index contributed by atoms with van der Waals surface area (Å²) in [7, 11) is 0. The number of halogens is 2. The van der Waals surface area contributed by atoms with Crippen molar-refractivity contribution in [2.75, 3.05) is 52.4 Å². The van der Waals surface area contributed by atoms with Gasteiger partial charge in [-0.2, -0.15) is 0 Å². The van der Waals surface area contributed by atoms with Gasteiger partial charge in [-0.1, -0.05) is 76.3 Å². The summed E-state index contributed by atoms with van der Waals surface area (Å²) in [5.41, 5.74) is 1.83. The monoisotopic (exact) mass is 715 g/mol. The summed E-state index contributed by atoms with van der Waals surface area (Å²) in [6.07, 6.45) is 23.6. The van der Waals surface area contributed by atoms with Crippen LogP contribution in [0.4, 0.5) is 8.78 Å². The number of ether oxygens (including phenoxy) is 1. The number of aromatic hydroxyl groups is 2. The fourth-order valence-corrected chi connectivity index (χ4v) is 7.55. The van der Waals surface area contributed by atoms with Crippen LogP contribution in [0.1, 0.15) is 127 Å². The summed E-state index contributed by atoms with van der Waals surface area (Å²) in [4.78, 5) is 5.30. The second-order valence-electron chi connectivity index (χ2n) is 15.1. The number of phenolic OH excluding ortho intramolecular Hbond substituents is 2. The molecule has 51 heavy (non-hydrogen) atoms. The average Bonchev–Trinajstić information content (AvgIpc) is 3.13. The van der Waals surface area contributed by atoms with E-state index in [1.165, 1.54) is 166 Å². The van der Waals surface area contributed by atoms with Crippen molar-refractivity contribution in [3.8, 4) is 11.5 Å². The SMILES string of the molecule is Oc1cc(CNCCCCCCCCCN2CCC(OC3CCN(CCCCCCCCCNCc4ccc(F)c(O)c4)CC3)CC2)ccc1F. The zero-order chi connectivity index (χ0) is 35.9. The van der Waals surface area contributed by atoms with Gasteiger partial charge in [-0.25, -0.2) is 8.78 Å². The zero-order valence-electron chi connectivity index (χ0n) is 31.4. The molecule has 0 bridgehead atoms. The molecule has 2 aromatic carbocycles. The standard InChI is InChI=1S/C42H68F2N4O3/c43-39-17-15-35(31-41(39)49)33-45-23-11-7-3-1-5-9-13-25-47-27-19-37(20-28-47)51-38-21-29-48(30-22-38)26-14-10-6-2-4-8-12-24-46-34-36-16-18-40(44)42(50)32-36/h15-18,31-32,37-38,45-46,49-50H,1-14,19-30,33-34H2. The van der Waals surface area contributed by atoms with Crippen LogP contribution in [-0.2, 0) is 17.8 Å². The predicted octanol–water partition coefficient (Wildman–Crippen LogP) is 8.66. The van der Waals surface area contributed by atoms with Gasteiger partial charge in [0, 0.05) is 39.3 Å². The maximum Gasteiger partial charge on any atom is 0.164 e. The zero-order valence-corrected chi connectivity index (χ0v) is 31.4. The molecule has 4 rings (SSSR count).